The first-order chi connectivity index (χ1) is 19.9. The number of nitrogens with zero attached hydrogens (tertiary/aromatic N) is 4. The minimum Gasteiger partial charge on any atom is -0.445 e. The number of carbonyl (C=O) groups is 4. The van der Waals surface area contributed by atoms with E-state index in [0.717, 1.165) is 31.2 Å². The molecule has 2 aliphatic heterocycles. The van der Waals surface area contributed by atoms with E-state index >= 15 is 0 Å². The maximum absolute atomic E-state index is 13.7. The number of piperazine rings is 1. The van der Waals surface area contributed by atoms with Gasteiger partial charge >= 0.3 is 12.1 Å². The number of ether oxygens (including phenoxy) is 1. The third-order valence-electron chi connectivity index (χ3n) is 7.14. The molecule has 0 bridgehead atoms. The van der Waals surface area contributed by atoms with Crippen molar-refractivity contribution in [3.05, 3.63) is 48.6 Å². The Balaban J connectivity index is 1.81. The minimum absolute atomic E-state index is 0.0701. The van der Waals surface area contributed by atoms with Crippen LogP contribution in [0.1, 0.15) is 51.0 Å². The molecular formula is C30H42N6O5. The molecule has 11 nitrogen and oxygen atoms in total. The highest BCUT2D eigenvalue weighted by Gasteiger charge is 2.50. The summed E-state index contributed by atoms with van der Waals surface area (Å²) in [5, 5.41) is 8.69. The van der Waals surface area contributed by atoms with E-state index in [2.05, 4.69) is 30.1 Å². The molecule has 2 saturated heterocycles. The highest BCUT2D eigenvalue weighted by molar-refractivity contribution is 5.91. The lowest BCUT2D eigenvalue weighted by Crippen LogP contribution is -2.76. The van der Waals surface area contributed by atoms with Gasteiger partial charge in [-0.25, -0.2) is 14.6 Å². The molecule has 222 valence electrons. The summed E-state index contributed by atoms with van der Waals surface area (Å²) in [6.07, 6.45) is 10.5. The quantitative estimate of drug-likeness (QED) is 0.203. The number of hydrogen-bond acceptors (Lipinski definition) is 6. The van der Waals surface area contributed by atoms with Crippen LogP contribution in [0, 0.1) is 12.3 Å². The minimum atomic E-state index is -0.768. The van der Waals surface area contributed by atoms with Crippen LogP contribution in [0.2, 0.25) is 0 Å². The fourth-order valence-electron chi connectivity index (χ4n) is 5.17. The normalized spacial score (nSPS) is 18.9. The summed E-state index contributed by atoms with van der Waals surface area (Å²) in [5.41, 5.74) is 0.933. The zero-order valence-corrected chi connectivity index (χ0v) is 23.9. The van der Waals surface area contributed by atoms with Crippen LogP contribution in [0.25, 0.3) is 0 Å². The standard InChI is InChI=1S/C30H42N6O5/c1-4-7-8-12-19-33-22-26-35(25(28(33)38)16-13-17-31-30(40)41-20-6-3)27(37)23-34(18-5-2)36(26)29(39)32-21-24-14-10-9-11-15-24/h2,6,9-11,14-15,25-26H,3-4,7-8,12-13,16-23H2,1H3,(H,31,40)(H,32,39)/t25-,26-/m0/s1. The molecule has 2 N–H and O–H groups in total. The summed E-state index contributed by atoms with van der Waals surface area (Å²) in [6, 6.07) is 8.38. The lowest BCUT2D eigenvalue weighted by atomic mass is 10.0. The van der Waals surface area contributed by atoms with Gasteiger partial charge < -0.3 is 25.2 Å². The Bertz CT molecular complexity index is 1090. The van der Waals surface area contributed by atoms with Gasteiger partial charge in [0.15, 0.2) is 0 Å². The molecule has 2 heterocycles. The smallest absolute Gasteiger partial charge is 0.407 e. The largest absolute Gasteiger partial charge is 0.445 e. The third-order valence-corrected chi connectivity index (χ3v) is 7.14. The summed E-state index contributed by atoms with van der Waals surface area (Å²) in [6.45, 7) is 6.99. The molecule has 5 amide bonds. The first kappa shape index (κ1) is 31.5. The molecule has 1 aromatic carbocycles. The fourth-order valence-corrected chi connectivity index (χ4v) is 5.17. The molecular weight excluding hydrogens is 524 g/mol. The molecule has 0 unspecified atom stereocenters. The molecule has 1 aromatic rings. The van der Waals surface area contributed by atoms with E-state index in [9.17, 15) is 19.2 Å². The lowest BCUT2D eigenvalue weighted by molar-refractivity contribution is -0.189. The second-order valence-electron chi connectivity index (χ2n) is 10.1. The average Bonchev–Trinajstić information content (AvgIpc) is 2.97. The number of nitrogens with one attached hydrogen (secondary N) is 2. The highest BCUT2D eigenvalue weighted by Crippen LogP contribution is 2.28. The van der Waals surface area contributed by atoms with Crippen molar-refractivity contribution in [2.75, 3.05) is 39.3 Å². The molecule has 0 radical (unpaired) electrons. The van der Waals surface area contributed by atoms with Crippen molar-refractivity contribution in [2.45, 2.75) is 64.2 Å². The van der Waals surface area contributed by atoms with Crippen LogP contribution < -0.4 is 10.6 Å². The van der Waals surface area contributed by atoms with E-state index in [1.165, 1.54) is 16.0 Å². The number of carbonyl (C=O) groups excluding carboxylic acids is 4. The number of rotatable bonds is 14. The zero-order valence-electron chi connectivity index (χ0n) is 23.9. The lowest BCUT2D eigenvalue weighted by Gasteiger charge is -2.55. The Morgan fingerprint density at radius 1 is 1.15 bits per heavy atom. The molecule has 0 spiro atoms. The summed E-state index contributed by atoms with van der Waals surface area (Å²) < 4.78 is 4.94. The van der Waals surface area contributed by atoms with Crippen molar-refractivity contribution in [2.24, 2.45) is 0 Å². The molecule has 41 heavy (non-hydrogen) atoms. The summed E-state index contributed by atoms with van der Waals surface area (Å²) >= 11 is 0. The van der Waals surface area contributed by atoms with Crippen LogP contribution in [0.5, 0.6) is 0 Å². The van der Waals surface area contributed by atoms with Gasteiger partial charge in [0.2, 0.25) is 11.8 Å². The zero-order chi connectivity index (χ0) is 29.6. The number of hydrogen-bond donors (Lipinski definition) is 2. The van der Waals surface area contributed by atoms with Gasteiger partial charge in [-0.05, 0) is 24.8 Å². The van der Waals surface area contributed by atoms with Crippen LogP contribution in [-0.4, -0.2) is 95.3 Å². The van der Waals surface area contributed by atoms with Gasteiger partial charge in [0.1, 0.15) is 18.8 Å². The van der Waals surface area contributed by atoms with Crippen molar-refractivity contribution in [1.82, 2.24) is 30.5 Å². The number of amides is 5. The van der Waals surface area contributed by atoms with Crippen molar-refractivity contribution < 1.29 is 23.9 Å². The van der Waals surface area contributed by atoms with Gasteiger partial charge in [0.25, 0.3) is 0 Å². The van der Waals surface area contributed by atoms with Crippen molar-refractivity contribution in [3.8, 4) is 12.3 Å². The van der Waals surface area contributed by atoms with E-state index in [-0.39, 0.29) is 44.6 Å². The third kappa shape index (κ3) is 8.72. The first-order valence-corrected chi connectivity index (χ1v) is 14.3. The monoisotopic (exact) mass is 566 g/mol. The van der Waals surface area contributed by atoms with E-state index < -0.39 is 24.3 Å². The Labute approximate surface area is 242 Å². The summed E-state index contributed by atoms with van der Waals surface area (Å²) in [4.78, 5) is 55.9. The molecule has 0 saturated carbocycles. The Morgan fingerprint density at radius 2 is 1.93 bits per heavy atom. The fraction of sp³-hybridized carbons (Fsp3) is 0.533. The van der Waals surface area contributed by atoms with Crippen molar-refractivity contribution >= 4 is 23.9 Å². The molecule has 2 fully saturated rings. The summed E-state index contributed by atoms with van der Waals surface area (Å²) in [7, 11) is 0. The number of terminal acetylenes is 1. The second-order valence-corrected chi connectivity index (χ2v) is 10.1. The van der Waals surface area contributed by atoms with E-state index in [0.29, 0.717) is 25.9 Å². The van der Waals surface area contributed by atoms with Crippen molar-refractivity contribution in [3.63, 3.8) is 0 Å². The molecule has 0 aromatic heterocycles. The SMILES string of the molecule is C#CCN1CC(=O)N2[C@@H](CCCNC(=O)OCC=C)C(=O)N(CCCCCC)C[C@@H]2N1C(=O)NCc1ccccc1. The number of benzene rings is 1. The maximum atomic E-state index is 13.7. The molecule has 0 aliphatic carbocycles. The van der Waals surface area contributed by atoms with Gasteiger partial charge in [-0.2, -0.15) is 5.01 Å². The summed E-state index contributed by atoms with van der Waals surface area (Å²) in [5.74, 6) is 2.15. The van der Waals surface area contributed by atoms with Crippen LogP contribution in [0.4, 0.5) is 9.59 Å². The predicted octanol–water partition coefficient (Wildman–Crippen LogP) is 2.70. The number of unbranched alkanes of at least 4 members (excludes halogenated alkanes) is 3. The van der Waals surface area contributed by atoms with Crippen LogP contribution in [0.15, 0.2) is 43.0 Å². The van der Waals surface area contributed by atoms with Gasteiger partial charge in [-0.15, -0.1) is 6.42 Å². The number of hydrazine groups is 1. The average molecular weight is 567 g/mol. The van der Waals surface area contributed by atoms with Crippen LogP contribution in [-0.2, 0) is 20.9 Å². The maximum Gasteiger partial charge on any atom is 0.407 e. The number of fused-ring (bicyclic) bond motifs is 1. The van der Waals surface area contributed by atoms with Gasteiger partial charge in [-0.1, -0.05) is 75.1 Å². The number of alkyl carbamates (subject to hydrolysis) is 1. The Morgan fingerprint density at radius 3 is 2.63 bits per heavy atom. The second kappa shape index (κ2) is 16.3. The van der Waals surface area contributed by atoms with Gasteiger partial charge in [-0.3, -0.25) is 9.59 Å². The Hall–Kier alpha value is -4.04. The molecule has 11 heteroatoms. The highest BCUT2D eigenvalue weighted by atomic mass is 16.5. The van der Waals surface area contributed by atoms with Crippen molar-refractivity contribution in [1.29, 1.82) is 0 Å². The Kier molecular flexibility index (Phi) is 12.5. The van der Waals surface area contributed by atoms with Crippen LogP contribution in [0.3, 0.4) is 0 Å². The van der Waals surface area contributed by atoms with E-state index in [1.54, 1.807) is 9.91 Å². The molecule has 3 rings (SSSR count). The molecule has 2 atom stereocenters. The topological polar surface area (TPSA) is 115 Å². The molecule has 2 aliphatic rings. The van der Waals surface area contributed by atoms with Gasteiger partial charge in [0, 0.05) is 19.6 Å². The van der Waals surface area contributed by atoms with E-state index in [1.807, 2.05) is 30.3 Å². The van der Waals surface area contributed by atoms with E-state index in [4.69, 9.17) is 11.2 Å². The van der Waals surface area contributed by atoms with Gasteiger partial charge in [0.05, 0.1) is 19.6 Å². The predicted molar refractivity (Wildman–Crippen MR) is 155 cm³/mol. The number of urea groups is 1. The van der Waals surface area contributed by atoms with Crippen LogP contribution >= 0.6 is 0 Å². The first-order valence-electron chi connectivity index (χ1n) is 14.3.